The van der Waals surface area contributed by atoms with E-state index in [1.165, 1.54) is 16.3 Å². The van der Waals surface area contributed by atoms with Crippen LogP contribution >= 0.6 is 0 Å². The third-order valence-corrected chi connectivity index (χ3v) is 5.95. The molecule has 2 bridgehead atoms. The zero-order valence-electron chi connectivity index (χ0n) is 16.2. The Balaban J connectivity index is 1.46. The molecular weight excluding hydrogens is 342 g/mol. The molecule has 146 valence electrons. The van der Waals surface area contributed by atoms with Crippen LogP contribution in [0.3, 0.4) is 0 Å². The number of aromatic nitrogens is 4. The zero-order chi connectivity index (χ0) is 19.0. The summed E-state index contributed by atoms with van der Waals surface area (Å²) in [5.74, 6) is 0. The van der Waals surface area contributed by atoms with E-state index in [1.807, 2.05) is 17.8 Å². The van der Waals surface area contributed by atoms with Gasteiger partial charge in [0.05, 0.1) is 24.0 Å². The lowest BCUT2D eigenvalue weighted by molar-refractivity contribution is -0.0677. The average Bonchev–Trinajstić information content (AvgIpc) is 3.15. The van der Waals surface area contributed by atoms with Crippen molar-refractivity contribution in [1.29, 1.82) is 0 Å². The summed E-state index contributed by atoms with van der Waals surface area (Å²) in [6.07, 6.45) is 8.77. The molecule has 7 nitrogen and oxygen atoms in total. The first-order chi connectivity index (χ1) is 13.0. The zero-order valence-corrected chi connectivity index (χ0v) is 16.2. The fourth-order valence-corrected chi connectivity index (χ4v) is 4.79. The summed E-state index contributed by atoms with van der Waals surface area (Å²) >= 11 is 0. The molecule has 0 radical (unpaired) electrons. The predicted octanol–water partition coefficient (Wildman–Crippen LogP) is 1.72. The van der Waals surface area contributed by atoms with Crippen LogP contribution in [0.4, 0.5) is 0 Å². The lowest BCUT2D eigenvalue weighted by atomic mass is 9.85. The number of rotatable bonds is 6. The molecule has 27 heavy (non-hydrogen) atoms. The van der Waals surface area contributed by atoms with Crippen LogP contribution in [0.15, 0.2) is 29.3 Å². The van der Waals surface area contributed by atoms with Crippen LogP contribution < -0.4 is 5.56 Å². The van der Waals surface area contributed by atoms with E-state index in [0.29, 0.717) is 24.9 Å². The van der Waals surface area contributed by atoms with E-state index >= 15 is 0 Å². The SMILES string of the molecule is CCCn1cc(CN2[C@@H]3CC[C@H]2CC(O)(Cn2nc(C)ccc2=O)C3)cn1. The van der Waals surface area contributed by atoms with Crippen LogP contribution in [-0.2, 0) is 19.6 Å². The molecule has 0 amide bonds. The van der Waals surface area contributed by atoms with Gasteiger partial charge in [-0.2, -0.15) is 10.2 Å². The molecule has 2 aromatic rings. The normalized spacial score (nSPS) is 28.0. The van der Waals surface area contributed by atoms with Gasteiger partial charge in [0, 0.05) is 43.0 Å². The lowest BCUT2D eigenvalue weighted by Gasteiger charge is -2.43. The molecule has 4 heterocycles. The van der Waals surface area contributed by atoms with Gasteiger partial charge in [0.2, 0.25) is 0 Å². The summed E-state index contributed by atoms with van der Waals surface area (Å²) in [6.45, 7) is 6.14. The van der Waals surface area contributed by atoms with Gasteiger partial charge >= 0.3 is 0 Å². The van der Waals surface area contributed by atoms with Crippen molar-refractivity contribution in [3.05, 3.63) is 46.1 Å². The number of piperidine rings is 1. The molecule has 0 aromatic carbocycles. The van der Waals surface area contributed by atoms with Crippen LogP contribution in [0.5, 0.6) is 0 Å². The highest BCUT2D eigenvalue weighted by Gasteiger charge is 2.47. The Hall–Kier alpha value is -1.99. The smallest absolute Gasteiger partial charge is 0.266 e. The Labute approximate surface area is 159 Å². The van der Waals surface area contributed by atoms with Gasteiger partial charge in [-0.1, -0.05) is 6.92 Å². The fraction of sp³-hybridized carbons (Fsp3) is 0.650. The average molecular weight is 371 g/mol. The molecule has 2 aliphatic rings. The van der Waals surface area contributed by atoms with Crippen molar-refractivity contribution in [2.45, 2.75) is 83.3 Å². The summed E-state index contributed by atoms with van der Waals surface area (Å²) in [4.78, 5) is 14.6. The van der Waals surface area contributed by atoms with Crippen LogP contribution in [0.2, 0.25) is 0 Å². The van der Waals surface area contributed by atoms with Crippen LogP contribution in [0.25, 0.3) is 0 Å². The largest absolute Gasteiger partial charge is 0.388 e. The van der Waals surface area contributed by atoms with Gasteiger partial charge < -0.3 is 5.11 Å². The second-order valence-corrected chi connectivity index (χ2v) is 8.27. The van der Waals surface area contributed by atoms with E-state index in [-0.39, 0.29) is 12.1 Å². The van der Waals surface area contributed by atoms with Gasteiger partial charge in [-0.05, 0) is 45.1 Å². The molecule has 2 fully saturated rings. The number of fused-ring (bicyclic) bond motifs is 2. The molecule has 4 rings (SSSR count). The lowest BCUT2D eigenvalue weighted by Crippen LogP contribution is -2.53. The first-order valence-corrected chi connectivity index (χ1v) is 10.00. The first-order valence-electron chi connectivity index (χ1n) is 10.00. The molecular formula is C20H29N5O2. The quantitative estimate of drug-likeness (QED) is 0.837. The summed E-state index contributed by atoms with van der Waals surface area (Å²) in [5, 5.41) is 20.0. The van der Waals surface area contributed by atoms with Crippen LogP contribution in [0, 0.1) is 6.92 Å². The van der Waals surface area contributed by atoms with E-state index in [4.69, 9.17) is 0 Å². The number of hydrogen-bond donors (Lipinski definition) is 1. The van der Waals surface area contributed by atoms with Gasteiger partial charge in [-0.15, -0.1) is 0 Å². The molecule has 0 spiro atoms. The monoisotopic (exact) mass is 371 g/mol. The van der Waals surface area contributed by atoms with E-state index in [2.05, 4.69) is 28.2 Å². The Morgan fingerprint density at radius 3 is 2.70 bits per heavy atom. The Morgan fingerprint density at radius 2 is 2.00 bits per heavy atom. The summed E-state index contributed by atoms with van der Waals surface area (Å²) in [6, 6.07) is 3.95. The Bertz CT molecular complexity index is 844. The van der Waals surface area contributed by atoms with Gasteiger partial charge in [-0.3, -0.25) is 14.4 Å². The van der Waals surface area contributed by atoms with Gasteiger partial charge in [0.15, 0.2) is 0 Å². The van der Waals surface area contributed by atoms with Crippen molar-refractivity contribution in [2.24, 2.45) is 0 Å². The van der Waals surface area contributed by atoms with Gasteiger partial charge in [0.25, 0.3) is 5.56 Å². The molecule has 1 N–H and O–H groups in total. The van der Waals surface area contributed by atoms with Crippen molar-refractivity contribution in [3.8, 4) is 0 Å². The molecule has 1 unspecified atom stereocenters. The summed E-state index contributed by atoms with van der Waals surface area (Å²) < 4.78 is 3.44. The van der Waals surface area contributed by atoms with Crippen molar-refractivity contribution >= 4 is 0 Å². The Kier molecular flexibility index (Phi) is 4.90. The highest BCUT2D eigenvalue weighted by molar-refractivity contribution is 5.09. The maximum Gasteiger partial charge on any atom is 0.266 e. The van der Waals surface area contributed by atoms with Crippen LogP contribution in [-0.4, -0.2) is 47.3 Å². The van der Waals surface area contributed by atoms with Crippen molar-refractivity contribution < 1.29 is 5.11 Å². The second kappa shape index (κ2) is 7.20. The molecule has 0 saturated carbocycles. The minimum atomic E-state index is -0.862. The van der Waals surface area contributed by atoms with Crippen LogP contribution in [0.1, 0.15) is 50.3 Å². The predicted molar refractivity (Wildman–Crippen MR) is 102 cm³/mol. The number of aliphatic hydroxyl groups is 1. The molecule has 0 aliphatic carbocycles. The van der Waals surface area contributed by atoms with Crippen molar-refractivity contribution in [1.82, 2.24) is 24.5 Å². The minimum Gasteiger partial charge on any atom is -0.388 e. The molecule has 2 saturated heterocycles. The summed E-state index contributed by atoms with van der Waals surface area (Å²) in [5.41, 5.74) is 1.02. The standard InChI is InChI=1S/C20H29N5O2/c1-3-8-23-12-16(11-21-23)13-24-17-5-6-18(24)10-20(27,9-17)14-25-19(26)7-4-15(2)22-25/h4,7,11-12,17-18,27H,3,5-6,8-10,13-14H2,1-2H3/t17-,18+,20?. The molecule has 2 aliphatic heterocycles. The second-order valence-electron chi connectivity index (χ2n) is 8.27. The number of aryl methyl sites for hydroxylation is 2. The first kappa shape index (κ1) is 18.4. The minimum absolute atomic E-state index is 0.146. The fourth-order valence-electron chi connectivity index (χ4n) is 4.79. The van der Waals surface area contributed by atoms with Crippen molar-refractivity contribution in [2.75, 3.05) is 0 Å². The van der Waals surface area contributed by atoms with Gasteiger partial charge in [0.1, 0.15) is 0 Å². The van der Waals surface area contributed by atoms with Gasteiger partial charge in [-0.25, -0.2) is 4.68 Å². The maximum absolute atomic E-state index is 12.1. The molecule has 2 aromatic heterocycles. The third-order valence-electron chi connectivity index (χ3n) is 5.95. The highest BCUT2D eigenvalue weighted by atomic mass is 16.3. The van der Waals surface area contributed by atoms with E-state index in [9.17, 15) is 9.90 Å². The van der Waals surface area contributed by atoms with Crippen molar-refractivity contribution in [3.63, 3.8) is 0 Å². The maximum atomic E-state index is 12.1. The topological polar surface area (TPSA) is 76.2 Å². The molecule has 3 atom stereocenters. The summed E-state index contributed by atoms with van der Waals surface area (Å²) in [7, 11) is 0. The number of nitrogens with zero attached hydrogens (tertiary/aromatic N) is 5. The highest BCUT2D eigenvalue weighted by Crippen LogP contribution is 2.42. The van der Waals surface area contributed by atoms with E-state index < -0.39 is 5.60 Å². The molecule has 7 heteroatoms. The van der Waals surface area contributed by atoms with E-state index in [1.54, 1.807) is 6.07 Å². The Morgan fingerprint density at radius 1 is 1.26 bits per heavy atom. The van der Waals surface area contributed by atoms with E-state index in [0.717, 1.165) is 38.0 Å². The number of hydrogen-bond acceptors (Lipinski definition) is 5. The third kappa shape index (κ3) is 3.84.